The maximum atomic E-state index is 12.1. The molecule has 92 valence electrons. The van der Waals surface area contributed by atoms with E-state index in [-0.39, 0.29) is 23.6 Å². The summed E-state index contributed by atoms with van der Waals surface area (Å²) in [6.45, 7) is 0. The molecule has 1 aromatic rings. The predicted octanol–water partition coefficient (Wildman–Crippen LogP) is 3.39. The summed E-state index contributed by atoms with van der Waals surface area (Å²) in [5.41, 5.74) is 0.372. The first-order valence-electron chi connectivity index (χ1n) is 4.24. The SMILES string of the molecule is N#CCc1cc(I)c(CCl)c(OC(F)(F)F)n1. The van der Waals surface area contributed by atoms with Crippen LogP contribution in [0.5, 0.6) is 5.88 Å². The normalized spacial score (nSPS) is 11.1. The Hall–Kier alpha value is -0.750. The Bertz CT molecular complexity index is 459. The van der Waals surface area contributed by atoms with Gasteiger partial charge in [-0.1, -0.05) is 0 Å². The van der Waals surface area contributed by atoms with Crippen LogP contribution in [0.15, 0.2) is 6.07 Å². The van der Waals surface area contributed by atoms with E-state index in [1.54, 1.807) is 6.07 Å². The van der Waals surface area contributed by atoms with Crippen LogP contribution in [0.3, 0.4) is 0 Å². The Morgan fingerprint density at radius 1 is 1.53 bits per heavy atom. The average Bonchev–Trinajstić information content (AvgIpc) is 2.15. The van der Waals surface area contributed by atoms with E-state index in [4.69, 9.17) is 16.9 Å². The fraction of sp³-hybridized carbons (Fsp3) is 0.333. The standard InChI is InChI=1S/C9H5ClF3IN2O/c10-4-6-7(14)3-5(1-2-15)16-8(6)17-9(11,12)13/h3H,1,4H2. The number of halogens is 5. The number of aromatic nitrogens is 1. The zero-order valence-electron chi connectivity index (χ0n) is 8.18. The van der Waals surface area contributed by atoms with Gasteiger partial charge in [0.2, 0.25) is 5.88 Å². The number of hydrogen-bond donors (Lipinski definition) is 0. The molecule has 0 aliphatic rings. The molecule has 1 rings (SSSR count). The molecule has 1 heterocycles. The van der Waals surface area contributed by atoms with E-state index < -0.39 is 12.2 Å². The van der Waals surface area contributed by atoms with Gasteiger partial charge in [0, 0.05) is 9.13 Å². The number of pyridine rings is 1. The smallest absolute Gasteiger partial charge is 0.387 e. The maximum absolute atomic E-state index is 12.1. The van der Waals surface area contributed by atoms with E-state index in [1.807, 2.05) is 22.6 Å². The Morgan fingerprint density at radius 2 is 2.18 bits per heavy atom. The minimum Gasteiger partial charge on any atom is -0.387 e. The molecule has 0 N–H and O–H groups in total. The molecule has 0 aromatic carbocycles. The lowest BCUT2D eigenvalue weighted by molar-refractivity contribution is -0.276. The van der Waals surface area contributed by atoms with Crippen molar-refractivity contribution in [3.63, 3.8) is 0 Å². The van der Waals surface area contributed by atoms with E-state index in [0.717, 1.165) is 0 Å². The third-order valence-corrected chi connectivity index (χ3v) is 2.92. The summed E-state index contributed by atoms with van der Waals surface area (Å²) in [7, 11) is 0. The van der Waals surface area contributed by atoms with Gasteiger partial charge in [-0.05, 0) is 28.7 Å². The van der Waals surface area contributed by atoms with E-state index in [9.17, 15) is 13.2 Å². The van der Waals surface area contributed by atoms with E-state index in [1.165, 1.54) is 6.07 Å². The zero-order chi connectivity index (χ0) is 13.1. The molecule has 17 heavy (non-hydrogen) atoms. The summed E-state index contributed by atoms with van der Waals surface area (Å²) in [5, 5.41) is 8.48. The van der Waals surface area contributed by atoms with Crippen LogP contribution in [0, 0.1) is 14.9 Å². The van der Waals surface area contributed by atoms with Crippen molar-refractivity contribution in [1.82, 2.24) is 4.98 Å². The van der Waals surface area contributed by atoms with E-state index in [0.29, 0.717) is 3.57 Å². The van der Waals surface area contributed by atoms with Gasteiger partial charge in [-0.2, -0.15) is 5.26 Å². The second kappa shape index (κ2) is 5.73. The summed E-state index contributed by atoms with van der Waals surface area (Å²) < 4.78 is 40.7. The molecule has 3 nitrogen and oxygen atoms in total. The van der Waals surface area contributed by atoms with Crippen LogP contribution in [-0.4, -0.2) is 11.3 Å². The monoisotopic (exact) mass is 376 g/mol. The van der Waals surface area contributed by atoms with E-state index in [2.05, 4.69) is 9.72 Å². The summed E-state index contributed by atoms with van der Waals surface area (Å²) in [4.78, 5) is 3.63. The van der Waals surface area contributed by atoms with Crippen LogP contribution in [-0.2, 0) is 12.3 Å². The Morgan fingerprint density at radius 3 is 2.65 bits per heavy atom. The van der Waals surface area contributed by atoms with Crippen molar-refractivity contribution < 1.29 is 17.9 Å². The molecular weight excluding hydrogens is 371 g/mol. The molecular formula is C9H5ClF3IN2O. The highest BCUT2D eigenvalue weighted by atomic mass is 127. The minimum absolute atomic E-state index is 0.0905. The zero-order valence-corrected chi connectivity index (χ0v) is 11.1. The first-order valence-corrected chi connectivity index (χ1v) is 5.85. The molecule has 0 fully saturated rings. The van der Waals surface area contributed by atoms with Crippen LogP contribution in [0.2, 0.25) is 0 Å². The molecule has 0 aliphatic carbocycles. The second-order valence-electron chi connectivity index (χ2n) is 2.90. The first-order chi connectivity index (χ1) is 7.87. The molecule has 0 aliphatic heterocycles. The van der Waals surface area contributed by atoms with Crippen molar-refractivity contribution in [1.29, 1.82) is 5.26 Å². The lowest BCUT2D eigenvalue weighted by Crippen LogP contribution is -2.19. The number of alkyl halides is 4. The molecule has 0 unspecified atom stereocenters. The van der Waals surface area contributed by atoms with Crippen LogP contribution in [0.25, 0.3) is 0 Å². The lowest BCUT2D eigenvalue weighted by atomic mass is 10.2. The predicted molar refractivity (Wildman–Crippen MR) is 62.5 cm³/mol. The number of nitrogens with zero attached hydrogens (tertiary/aromatic N) is 2. The van der Waals surface area contributed by atoms with Gasteiger partial charge in [-0.25, -0.2) is 4.98 Å². The summed E-state index contributed by atoms with van der Waals surface area (Å²) in [6.07, 6.45) is -4.92. The molecule has 0 saturated heterocycles. The molecule has 0 radical (unpaired) electrons. The van der Waals surface area contributed by atoms with Crippen molar-refractivity contribution >= 4 is 34.2 Å². The van der Waals surface area contributed by atoms with Crippen molar-refractivity contribution in [3.05, 3.63) is 20.9 Å². The van der Waals surface area contributed by atoms with Crippen LogP contribution in [0.1, 0.15) is 11.3 Å². The average molecular weight is 377 g/mol. The number of nitriles is 1. The minimum atomic E-state index is -4.83. The quantitative estimate of drug-likeness (QED) is 0.600. The molecule has 0 atom stereocenters. The van der Waals surface area contributed by atoms with Gasteiger partial charge in [-0.15, -0.1) is 24.8 Å². The largest absolute Gasteiger partial charge is 0.574 e. The van der Waals surface area contributed by atoms with Gasteiger partial charge < -0.3 is 4.74 Å². The van der Waals surface area contributed by atoms with Gasteiger partial charge in [0.25, 0.3) is 0 Å². The molecule has 0 spiro atoms. The van der Waals surface area contributed by atoms with Gasteiger partial charge in [-0.3, -0.25) is 0 Å². The first kappa shape index (κ1) is 14.3. The highest BCUT2D eigenvalue weighted by Gasteiger charge is 2.33. The molecule has 0 amide bonds. The molecule has 0 bridgehead atoms. The van der Waals surface area contributed by atoms with Crippen LogP contribution >= 0.6 is 34.2 Å². The molecule has 1 aromatic heterocycles. The molecule has 8 heteroatoms. The third kappa shape index (κ3) is 4.20. The summed E-state index contributed by atoms with van der Waals surface area (Å²) >= 11 is 7.36. The van der Waals surface area contributed by atoms with Crippen molar-refractivity contribution in [3.8, 4) is 11.9 Å². The lowest BCUT2D eigenvalue weighted by Gasteiger charge is -2.13. The second-order valence-corrected chi connectivity index (χ2v) is 4.32. The number of hydrogen-bond acceptors (Lipinski definition) is 3. The Labute approximate surface area is 114 Å². The van der Waals surface area contributed by atoms with Crippen molar-refractivity contribution in [2.24, 2.45) is 0 Å². The summed E-state index contributed by atoms with van der Waals surface area (Å²) in [6, 6.07) is 3.31. The summed E-state index contributed by atoms with van der Waals surface area (Å²) in [5.74, 6) is -0.742. The Kier molecular flexibility index (Phi) is 4.82. The highest BCUT2D eigenvalue weighted by molar-refractivity contribution is 14.1. The van der Waals surface area contributed by atoms with Gasteiger partial charge >= 0.3 is 6.36 Å². The van der Waals surface area contributed by atoms with Gasteiger partial charge in [0.05, 0.1) is 24.1 Å². The Balaban J connectivity index is 3.20. The number of rotatable bonds is 3. The van der Waals surface area contributed by atoms with E-state index >= 15 is 0 Å². The van der Waals surface area contributed by atoms with Gasteiger partial charge in [0.1, 0.15) is 0 Å². The van der Waals surface area contributed by atoms with Crippen LogP contribution in [0.4, 0.5) is 13.2 Å². The van der Waals surface area contributed by atoms with Gasteiger partial charge in [0.15, 0.2) is 0 Å². The van der Waals surface area contributed by atoms with Crippen molar-refractivity contribution in [2.45, 2.75) is 18.7 Å². The topological polar surface area (TPSA) is 45.9 Å². The third-order valence-electron chi connectivity index (χ3n) is 1.69. The fourth-order valence-corrected chi connectivity index (χ4v) is 2.32. The maximum Gasteiger partial charge on any atom is 0.574 e. The van der Waals surface area contributed by atoms with Crippen molar-refractivity contribution in [2.75, 3.05) is 0 Å². The fourth-order valence-electron chi connectivity index (χ4n) is 1.05. The molecule has 0 saturated carbocycles. The van der Waals surface area contributed by atoms with Crippen LogP contribution < -0.4 is 4.74 Å². The number of ether oxygens (including phenoxy) is 1. The highest BCUT2D eigenvalue weighted by Crippen LogP contribution is 2.29.